The van der Waals surface area contributed by atoms with Crippen molar-refractivity contribution in [2.45, 2.75) is 33.2 Å². The zero-order valence-electron chi connectivity index (χ0n) is 12.4. The van der Waals surface area contributed by atoms with Crippen molar-refractivity contribution < 1.29 is 9.47 Å². The van der Waals surface area contributed by atoms with E-state index in [1.54, 1.807) is 7.11 Å². The third-order valence-electron chi connectivity index (χ3n) is 2.96. The van der Waals surface area contributed by atoms with Crippen LogP contribution in [0.25, 0.3) is 0 Å². The molecule has 108 valence electrons. The first-order valence-electron chi connectivity index (χ1n) is 7.17. The zero-order chi connectivity index (χ0) is 13.9. The van der Waals surface area contributed by atoms with Crippen LogP contribution in [0.4, 0.5) is 0 Å². The van der Waals surface area contributed by atoms with Gasteiger partial charge in [-0.15, -0.1) is 0 Å². The molecule has 1 N–H and O–H groups in total. The average Bonchev–Trinajstić information content (AvgIpc) is 2.41. The van der Waals surface area contributed by atoms with Gasteiger partial charge in [-0.1, -0.05) is 32.4 Å². The molecule has 0 aromatic heterocycles. The van der Waals surface area contributed by atoms with Crippen molar-refractivity contribution in [3.63, 3.8) is 0 Å². The molecule has 1 unspecified atom stereocenters. The summed E-state index contributed by atoms with van der Waals surface area (Å²) in [6.45, 7) is 7.83. The van der Waals surface area contributed by atoms with Crippen LogP contribution in [-0.2, 0) is 11.3 Å². The first-order chi connectivity index (χ1) is 9.26. The molecule has 1 rings (SSSR count). The Balaban J connectivity index is 2.24. The van der Waals surface area contributed by atoms with Crippen LogP contribution in [0.5, 0.6) is 5.75 Å². The highest BCUT2D eigenvalue weighted by Gasteiger charge is 2.01. The highest BCUT2D eigenvalue weighted by atomic mass is 16.5. The van der Waals surface area contributed by atoms with E-state index in [1.807, 2.05) is 12.1 Å². The third kappa shape index (κ3) is 7.19. The van der Waals surface area contributed by atoms with Crippen molar-refractivity contribution in [1.82, 2.24) is 5.32 Å². The Morgan fingerprint density at radius 1 is 1.21 bits per heavy atom. The van der Waals surface area contributed by atoms with Crippen molar-refractivity contribution >= 4 is 0 Å². The molecule has 0 aliphatic carbocycles. The lowest BCUT2D eigenvalue weighted by Crippen LogP contribution is -2.23. The van der Waals surface area contributed by atoms with Crippen LogP contribution in [-0.4, -0.2) is 26.9 Å². The lowest BCUT2D eigenvalue weighted by atomic mass is 10.2. The monoisotopic (exact) mass is 265 g/mol. The second-order valence-corrected chi connectivity index (χ2v) is 5.04. The van der Waals surface area contributed by atoms with E-state index in [1.165, 1.54) is 12.0 Å². The van der Waals surface area contributed by atoms with Gasteiger partial charge in [0.1, 0.15) is 5.75 Å². The van der Waals surface area contributed by atoms with Crippen LogP contribution < -0.4 is 10.1 Å². The van der Waals surface area contributed by atoms with E-state index in [9.17, 15) is 0 Å². The van der Waals surface area contributed by atoms with Gasteiger partial charge in [0, 0.05) is 26.8 Å². The molecule has 0 aliphatic rings. The van der Waals surface area contributed by atoms with E-state index in [0.717, 1.165) is 38.5 Å². The van der Waals surface area contributed by atoms with E-state index in [-0.39, 0.29) is 0 Å². The number of hydrogen-bond acceptors (Lipinski definition) is 3. The maximum absolute atomic E-state index is 5.64. The van der Waals surface area contributed by atoms with Crippen LogP contribution in [0.1, 0.15) is 32.3 Å². The molecular formula is C16H27NO2. The first kappa shape index (κ1) is 16.0. The summed E-state index contributed by atoms with van der Waals surface area (Å²) in [5.74, 6) is 1.51. The summed E-state index contributed by atoms with van der Waals surface area (Å²) >= 11 is 0. The number of unbranched alkanes of at least 4 members (excludes halogenated alkanes) is 1. The fraction of sp³-hybridized carbons (Fsp3) is 0.625. The topological polar surface area (TPSA) is 30.5 Å². The second-order valence-electron chi connectivity index (χ2n) is 5.04. The van der Waals surface area contributed by atoms with Gasteiger partial charge in [-0.3, -0.25) is 0 Å². The average molecular weight is 265 g/mol. The molecule has 0 radical (unpaired) electrons. The van der Waals surface area contributed by atoms with Crippen LogP contribution in [0.2, 0.25) is 0 Å². The predicted molar refractivity (Wildman–Crippen MR) is 79.6 cm³/mol. The Morgan fingerprint density at radius 3 is 2.58 bits per heavy atom. The Bertz CT molecular complexity index is 324. The largest absolute Gasteiger partial charge is 0.494 e. The quantitative estimate of drug-likeness (QED) is 0.659. The molecule has 0 amide bonds. The van der Waals surface area contributed by atoms with E-state index in [2.05, 4.69) is 31.3 Å². The zero-order valence-corrected chi connectivity index (χ0v) is 12.4. The summed E-state index contributed by atoms with van der Waals surface area (Å²) in [6.07, 6.45) is 2.28. The maximum Gasteiger partial charge on any atom is 0.119 e. The summed E-state index contributed by atoms with van der Waals surface area (Å²) in [7, 11) is 1.74. The first-order valence-corrected chi connectivity index (χ1v) is 7.17. The van der Waals surface area contributed by atoms with Crippen LogP contribution >= 0.6 is 0 Å². The highest BCUT2D eigenvalue weighted by Crippen LogP contribution is 2.12. The Morgan fingerprint density at radius 2 is 1.95 bits per heavy atom. The van der Waals surface area contributed by atoms with Crippen molar-refractivity contribution in [3.8, 4) is 5.75 Å². The summed E-state index contributed by atoms with van der Waals surface area (Å²) in [5.41, 5.74) is 1.28. The van der Waals surface area contributed by atoms with Gasteiger partial charge in [0.25, 0.3) is 0 Å². The Hall–Kier alpha value is -1.06. The standard InChI is InChI=1S/C16H27NO2/c1-4-5-10-19-16-8-6-15(7-9-16)12-17-11-14(2)13-18-3/h6-9,14,17H,4-5,10-13H2,1-3H3. The molecular weight excluding hydrogens is 238 g/mol. The second kappa shape index (κ2) is 9.82. The molecule has 0 saturated heterocycles. The minimum absolute atomic E-state index is 0.543. The fourth-order valence-corrected chi connectivity index (χ4v) is 1.84. The molecule has 19 heavy (non-hydrogen) atoms. The SMILES string of the molecule is CCCCOc1ccc(CNCC(C)COC)cc1. The van der Waals surface area contributed by atoms with Crippen LogP contribution in [0, 0.1) is 5.92 Å². The van der Waals surface area contributed by atoms with Crippen molar-refractivity contribution in [1.29, 1.82) is 0 Å². The van der Waals surface area contributed by atoms with Gasteiger partial charge in [0.05, 0.1) is 6.61 Å². The summed E-state index contributed by atoms with van der Waals surface area (Å²) in [4.78, 5) is 0. The molecule has 0 fully saturated rings. The molecule has 1 aromatic carbocycles. The van der Waals surface area contributed by atoms with Gasteiger partial charge in [0.2, 0.25) is 0 Å². The third-order valence-corrected chi connectivity index (χ3v) is 2.96. The van der Waals surface area contributed by atoms with Crippen LogP contribution in [0.3, 0.4) is 0 Å². The van der Waals surface area contributed by atoms with Gasteiger partial charge in [0.15, 0.2) is 0 Å². The van der Waals surface area contributed by atoms with Crippen LogP contribution in [0.15, 0.2) is 24.3 Å². The van der Waals surface area contributed by atoms with Gasteiger partial charge < -0.3 is 14.8 Å². The molecule has 3 heteroatoms. The van der Waals surface area contributed by atoms with E-state index in [4.69, 9.17) is 9.47 Å². The molecule has 1 aromatic rings. The Kier molecular flexibility index (Phi) is 8.26. The molecule has 3 nitrogen and oxygen atoms in total. The van der Waals surface area contributed by atoms with Crippen molar-refractivity contribution in [2.75, 3.05) is 26.9 Å². The molecule has 1 atom stereocenters. The Labute approximate surface area is 117 Å². The van der Waals surface area contributed by atoms with E-state index in [0.29, 0.717) is 5.92 Å². The number of benzene rings is 1. The molecule has 0 bridgehead atoms. The highest BCUT2D eigenvalue weighted by molar-refractivity contribution is 5.27. The molecule has 0 saturated carbocycles. The summed E-state index contributed by atoms with van der Waals surface area (Å²) in [6, 6.07) is 8.33. The molecule has 0 aliphatic heterocycles. The lowest BCUT2D eigenvalue weighted by Gasteiger charge is -2.12. The summed E-state index contributed by atoms with van der Waals surface area (Å²) in [5, 5.41) is 3.44. The fourth-order valence-electron chi connectivity index (χ4n) is 1.84. The number of ether oxygens (including phenoxy) is 2. The maximum atomic E-state index is 5.64. The summed E-state index contributed by atoms with van der Waals surface area (Å²) < 4.78 is 10.8. The van der Waals surface area contributed by atoms with Gasteiger partial charge >= 0.3 is 0 Å². The molecule has 0 heterocycles. The number of rotatable bonds is 10. The number of hydrogen-bond donors (Lipinski definition) is 1. The van der Waals surface area contributed by atoms with Gasteiger partial charge in [-0.25, -0.2) is 0 Å². The van der Waals surface area contributed by atoms with Crippen molar-refractivity contribution in [3.05, 3.63) is 29.8 Å². The minimum Gasteiger partial charge on any atom is -0.494 e. The number of methoxy groups -OCH3 is 1. The predicted octanol–water partition coefficient (Wildman–Crippen LogP) is 3.24. The van der Waals surface area contributed by atoms with E-state index < -0.39 is 0 Å². The van der Waals surface area contributed by atoms with Gasteiger partial charge in [-0.05, 0) is 30.0 Å². The molecule has 0 spiro atoms. The normalized spacial score (nSPS) is 12.4. The number of nitrogens with one attached hydrogen (secondary N) is 1. The van der Waals surface area contributed by atoms with E-state index >= 15 is 0 Å². The lowest BCUT2D eigenvalue weighted by molar-refractivity contribution is 0.158. The van der Waals surface area contributed by atoms with Crippen molar-refractivity contribution in [2.24, 2.45) is 5.92 Å². The van der Waals surface area contributed by atoms with Gasteiger partial charge in [-0.2, -0.15) is 0 Å². The smallest absolute Gasteiger partial charge is 0.119 e. The minimum atomic E-state index is 0.543.